The van der Waals surface area contributed by atoms with Crippen LogP contribution in [0.15, 0.2) is 29.3 Å². The van der Waals surface area contributed by atoms with E-state index < -0.39 is 0 Å². The van der Waals surface area contributed by atoms with Crippen LogP contribution in [-0.2, 0) is 4.79 Å². The number of rotatable bonds is 5. The Morgan fingerprint density at radius 3 is 2.60 bits per heavy atom. The molecule has 1 amide bonds. The fourth-order valence-corrected chi connectivity index (χ4v) is 2.94. The van der Waals surface area contributed by atoms with Crippen LogP contribution in [0.25, 0.3) is 0 Å². The molecule has 0 spiro atoms. The standard InChI is InChI=1S/C18H28N4O2.HI/c1-19-18(20-11-9-17(23)21(2)3)22-12-10-15(13-22)14-5-7-16(24-4)8-6-14;/h5-8,15H,9-13H2,1-4H3,(H,19,20);1H. The number of carbonyl (C=O) groups excluding carboxylic acids is 1. The van der Waals surface area contributed by atoms with Crippen molar-refractivity contribution in [1.82, 2.24) is 15.1 Å². The normalized spacial score (nSPS) is 17.0. The Morgan fingerprint density at radius 2 is 2.04 bits per heavy atom. The van der Waals surface area contributed by atoms with Crippen molar-refractivity contribution in [2.75, 3.05) is 47.9 Å². The molecule has 1 fully saturated rings. The van der Waals surface area contributed by atoms with Crippen LogP contribution in [0.3, 0.4) is 0 Å². The molecule has 6 nitrogen and oxygen atoms in total. The molecule has 1 aromatic carbocycles. The van der Waals surface area contributed by atoms with Gasteiger partial charge < -0.3 is 19.9 Å². The first-order valence-corrected chi connectivity index (χ1v) is 8.35. The molecule has 2 rings (SSSR count). The largest absolute Gasteiger partial charge is 0.497 e. The second-order valence-corrected chi connectivity index (χ2v) is 6.22. The van der Waals surface area contributed by atoms with Crippen molar-refractivity contribution < 1.29 is 9.53 Å². The highest BCUT2D eigenvalue weighted by atomic mass is 127. The van der Waals surface area contributed by atoms with E-state index in [-0.39, 0.29) is 29.9 Å². The van der Waals surface area contributed by atoms with Gasteiger partial charge >= 0.3 is 0 Å². The van der Waals surface area contributed by atoms with Crippen LogP contribution in [0.5, 0.6) is 5.75 Å². The van der Waals surface area contributed by atoms with Gasteiger partial charge in [0.2, 0.25) is 5.91 Å². The zero-order valence-corrected chi connectivity index (χ0v) is 17.8. The first-order valence-electron chi connectivity index (χ1n) is 8.35. The highest BCUT2D eigenvalue weighted by Gasteiger charge is 2.26. The average molecular weight is 460 g/mol. The molecule has 1 aliphatic rings. The molecule has 0 radical (unpaired) electrons. The Labute approximate surface area is 167 Å². The van der Waals surface area contributed by atoms with Gasteiger partial charge in [0, 0.05) is 53.1 Å². The summed E-state index contributed by atoms with van der Waals surface area (Å²) in [5.41, 5.74) is 1.33. The van der Waals surface area contributed by atoms with Gasteiger partial charge in [-0.05, 0) is 24.1 Å². The predicted octanol–water partition coefficient (Wildman–Crippen LogP) is 2.16. The molecule has 7 heteroatoms. The van der Waals surface area contributed by atoms with Gasteiger partial charge in [0.15, 0.2) is 5.96 Å². The van der Waals surface area contributed by atoms with E-state index in [2.05, 4.69) is 27.3 Å². The Balaban J connectivity index is 0.00000312. The first-order chi connectivity index (χ1) is 11.5. The minimum absolute atomic E-state index is 0. The minimum Gasteiger partial charge on any atom is -0.497 e. The third-order valence-corrected chi connectivity index (χ3v) is 4.41. The van der Waals surface area contributed by atoms with Gasteiger partial charge in [-0.15, -0.1) is 24.0 Å². The number of benzene rings is 1. The first kappa shape index (κ1) is 21.5. The number of hydrogen-bond donors (Lipinski definition) is 1. The Bertz CT molecular complexity index is 575. The van der Waals surface area contributed by atoms with Crippen molar-refractivity contribution >= 4 is 35.8 Å². The number of nitrogens with zero attached hydrogens (tertiary/aromatic N) is 3. The second-order valence-electron chi connectivity index (χ2n) is 6.22. The quantitative estimate of drug-likeness (QED) is 0.416. The van der Waals surface area contributed by atoms with Crippen molar-refractivity contribution in [2.45, 2.75) is 18.8 Å². The number of amides is 1. The highest BCUT2D eigenvalue weighted by molar-refractivity contribution is 14.0. The number of nitrogens with one attached hydrogen (secondary N) is 1. The summed E-state index contributed by atoms with van der Waals surface area (Å²) in [6.07, 6.45) is 1.57. The molecule has 0 aliphatic carbocycles. The molecule has 1 heterocycles. The molecule has 1 atom stereocenters. The molecule has 25 heavy (non-hydrogen) atoms. The molecule has 0 aromatic heterocycles. The Kier molecular flexibility index (Phi) is 9.02. The second kappa shape index (κ2) is 10.5. The summed E-state index contributed by atoms with van der Waals surface area (Å²) in [5, 5.41) is 3.30. The maximum atomic E-state index is 11.6. The zero-order chi connectivity index (χ0) is 17.5. The van der Waals surface area contributed by atoms with E-state index in [1.165, 1.54) is 5.56 Å². The fraction of sp³-hybridized carbons (Fsp3) is 0.556. The predicted molar refractivity (Wildman–Crippen MR) is 112 cm³/mol. The van der Waals surface area contributed by atoms with Crippen LogP contribution in [0.1, 0.15) is 24.3 Å². The highest BCUT2D eigenvalue weighted by Crippen LogP contribution is 2.28. The SMILES string of the molecule is CN=C(NCCC(=O)N(C)C)N1CCC(c2ccc(OC)cc2)C1.I. The maximum absolute atomic E-state index is 11.6. The molecule has 0 bridgehead atoms. The van der Waals surface area contributed by atoms with E-state index in [0.717, 1.165) is 31.2 Å². The van der Waals surface area contributed by atoms with Gasteiger partial charge in [0.25, 0.3) is 0 Å². The van der Waals surface area contributed by atoms with Crippen LogP contribution < -0.4 is 10.1 Å². The molecule has 1 unspecified atom stereocenters. The lowest BCUT2D eigenvalue weighted by atomic mass is 9.98. The van der Waals surface area contributed by atoms with Crippen molar-refractivity contribution in [1.29, 1.82) is 0 Å². The monoisotopic (exact) mass is 460 g/mol. The Hall–Kier alpha value is -1.51. The van der Waals surface area contributed by atoms with E-state index in [9.17, 15) is 4.79 Å². The topological polar surface area (TPSA) is 57.2 Å². The van der Waals surface area contributed by atoms with Crippen molar-refractivity contribution in [2.24, 2.45) is 4.99 Å². The van der Waals surface area contributed by atoms with Gasteiger partial charge in [-0.25, -0.2) is 0 Å². The lowest BCUT2D eigenvalue weighted by molar-refractivity contribution is -0.128. The summed E-state index contributed by atoms with van der Waals surface area (Å²) in [4.78, 5) is 19.9. The summed E-state index contributed by atoms with van der Waals surface area (Å²) in [6, 6.07) is 8.30. The molecule has 1 saturated heterocycles. The van der Waals surface area contributed by atoms with Gasteiger partial charge in [-0.3, -0.25) is 9.79 Å². The number of ether oxygens (including phenoxy) is 1. The van der Waals surface area contributed by atoms with E-state index in [1.54, 1.807) is 33.2 Å². The molecular formula is C18H29IN4O2. The third-order valence-electron chi connectivity index (χ3n) is 4.41. The summed E-state index contributed by atoms with van der Waals surface area (Å²) in [7, 11) is 7.02. The van der Waals surface area contributed by atoms with Crippen molar-refractivity contribution in [3.8, 4) is 5.75 Å². The van der Waals surface area contributed by atoms with Crippen LogP contribution in [0, 0.1) is 0 Å². The molecular weight excluding hydrogens is 431 g/mol. The number of guanidine groups is 1. The number of carbonyl (C=O) groups is 1. The lowest BCUT2D eigenvalue weighted by Crippen LogP contribution is -2.41. The lowest BCUT2D eigenvalue weighted by Gasteiger charge is -2.22. The summed E-state index contributed by atoms with van der Waals surface area (Å²) in [5.74, 6) is 2.38. The fourth-order valence-electron chi connectivity index (χ4n) is 2.94. The number of aliphatic imine (C=N–C) groups is 1. The maximum Gasteiger partial charge on any atom is 0.223 e. The molecule has 1 aromatic rings. The third kappa shape index (κ3) is 6.05. The van der Waals surface area contributed by atoms with Crippen molar-refractivity contribution in [3.05, 3.63) is 29.8 Å². The molecule has 0 saturated carbocycles. The number of hydrogen-bond acceptors (Lipinski definition) is 3. The molecule has 1 aliphatic heterocycles. The Morgan fingerprint density at radius 1 is 1.36 bits per heavy atom. The minimum atomic E-state index is 0. The van der Waals surface area contributed by atoms with E-state index in [1.807, 2.05) is 12.1 Å². The molecule has 140 valence electrons. The van der Waals surface area contributed by atoms with Crippen LogP contribution in [-0.4, -0.2) is 69.6 Å². The van der Waals surface area contributed by atoms with Crippen LogP contribution in [0.4, 0.5) is 0 Å². The van der Waals surface area contributed by atoms with Crippen LogP contribution in [0.2, 0.25) is 0 Å². The number of halogens is 1. The average Bonchev–Trinajstić information content (AvgIpc) is 3.08. The summed E-state index contributed by atoms with van der Waals surface area (Å²) in [6.45, 7) is 2.51. The molecule has 1 N–H and O–H groups in total. The van der Waals surface area contributed by atoms with Gasteiger partial charge in [-0.2, -0.15) is 0 Å². The number of likely N-dealkylation sites (tertiary alicyclic amines) is 1. The smallest absolute Gasteiger partial charge is 0.223 e. The van der Waals surface area contributed by atoms with E-state index in [0.29, 0.717) is 18.9 Å². The summed E-state index contributed by atoms with van der Waals surface area (Å²) < 4.78 is 5.22. The zero-order valence-electron chi connectivity index (χ0n) is 15.5. The van der Waals surface area contributed by atoms with E-state index >= 15 is 0 Å². The summed E-state index contributed by atoms with van der Waals surface area (Å²) >= 11 is 0. The van der Waals surface area contributed by atoms with Gasteiger partial charge in [-0.1, -0.05) is 12.1 Å². The van der Waals surface area contributed by atoms with Crippen LogP contribution >= 0.6 is 24.0 Å². The van der Waals surface area contributed by atoms with Gasteiger partial charge in [0.1, 0.15) is 5.75 Å². The van der Waals surface area contributed by atoms with Crippen molar-refractivity contribution in [3.63, 3.8) is 0 Å². The van der Waals surface area contributed by atoms with E-state index in [4.69, 9.17) is 4.74 Å². The van der Waals surface area contributed by atoms with Gasteiger partial charge in [0.05, 0.1) is 7.11 Å². The number of methoxy groups -OCH3 is 1.